The van der Waals surface area contributed by atoms with E-state index in [1.807, 2.05) is 43.3 Å². The van der Waals surface area contributed by atoms with Gasteiger partial charge in [-0.05, 0) is 60.9 Å². The number of rotatable bonds is 5. The van der Waals surface area contributed by atoms with Gasteiger partial charge < -0.3 is 20.5 Å². The molecular formula is C23H21ClN2O3. The van der Waals surface area contributed by atoms with Gasteiger partial charge in [0, 0.05) is 33.4 Å². The number of amides is 1. The van der Waals surface area contributed by atoms with E-state index in [0.29, 0.717) is 18.0 Å². The minimum atomic E-state index is -0.303. The molecule has 0 saturated heterocycles. The van der Waals surface area contributed by atoms with Gasteiger partial charge in [0.05, 0.1) is 5.92 Å². The number of carbonyl (C=O) groups is 1. The standard InChI is InChI=1S/C23H21ClN2O3/c1-13(23(29)25-9-8-14-2-7-21(27)22(28)10-14)15-3-5-17-18-12-16(24)4-6-19(18)26-20(17)11-15/h2-7,10-13,26-28H,8-9H2,1H3,(H,25,29). The zero-order valence-electron chi connectivity index (χ0n) is 15.9. The monoisotopic (exact) mass is 408 g/mol. The van der Waals surface area contributed by atoms with Gasteiger partial charge in [-0.25, -0.2) is 0 Å². The van der Waals surface area contributed by atoms with Crippen LogP contribution in [0.4, 0.5) is 0 Å². The Kier molecular flexibility index (Phi) is 5.07. The Morgan fingerprint density at radius 1 is 1.00 bits per heavy atom. The summed E-state index contributed by atoms with van der Waals surface area (Å²) in [5.74, 6) is -0.676. The van der Waals surface area contributed by atoms with Crippen molar-refractivity contribution in [2.45, 2.75) is 19.3 Å². The van der Waals surface area contributed by atoms with Crippen molar-refractivity contribution in [3.05, 3.63) is 70.7 Å². The van der Waals surface area contributed by atoms with Crippen LogP contribution >= 0.6 is 11.6 Å². The number of halogens is 1. The number of fused-ring (bicyclic) bond motifs is 3. The first kappa shape index (κ1) is 19.2. The molecule has 3 aromatic carbocycles. The number of aromatic hydroxyl groups is 2. The molecule has 4 N–H and O–H groups in total. The van der Waals surface area contributed by atoms with Crippen LogP contribution in [-0.4, -0.2) is 27.6 Å². The highest BCUT2D eigenvalue weighted by atomic mass is 35.5. The van der Waals surface area contributed by atoms with Crippen molar-refractivity contribution in [1.82, 2.24) is 10.3 Å². The highest BCUT2D eigenvalue weighted by Crippen LogP contribution is 2.30. The number of nitrogens with one attached hydrogen (secondary N) is 2. The molecule has 4 rings (SSSR count). The second-order valence-corrected chi connectivity index (χ2v) is 7.64. The molecule has 1 atom stereocenters. The first-order valence-electron chi connectivity index (χ1n) is 9.42. The van der Waals surface area contributed by atoms with Crippen LogP contribution in [0.15, 0.2) is 54.6 Å². The molecule has 0 spiro atoms. The summed E-state index contributed by atoms with van der Waals surface area (Å²) in [6, 6.07) is 16.4. The van der Waals surface area contributed by atoms with E-state index in [-0.39, 0.29) is 23.3 Å². The maximum Gasteiger partial charge on any atom is 0.227 e. The van der Waals surface area contributed by atoms with E-state index < -0.39 is 0 Å². The van der Waals surface area contributed by atoms with Crippen molar-refractivity contribution < 1.29 is 15.0 Å². The molecule has 148 valence electrons. The van der Waals surface area contributed by atoms with Gasteiger partial charge in [0.15, 0.2) is 11.5 Å². The lowest BCUT2D eigenvalue weighted by Crippen LogP contribution is -2.29. The maximum absolute atomic E-state index is 12.6. The van der Waals surface area contributed by atoms with Gasteiger partial charge in [0.2, 0.25) is 5.91 Å². The molecule has 1 aromatic heterocycles. The van der Waals surface area contributed by atoms with E-state index in [1.54, 1.807) is 6.07 Å². The van der Waals surface area contributed by atoms with E-state index in [4.69, 9.17) is 11.6 Å². The average molecular weight is 409 g/mol. The third-order valence-corrected chi connectivity index (χ3v) is 5.47. The molecular weight excluding hydrogens is 388 g/mol. The van der Waals surface area contributed by atoms with E-state index in [1.165, 1.54) is 12.1 Å². The lowest BCUT2D eigenvalue weighted by molar-refractivity contribution is -0.122. The summed E-state index contributed by atoms with van der Waals surface area (Å²) in [5.41, 5.74) is 3.75. The predicted molar refractivity (Wildman–Crippen MR) is 116 cm³/mol. The van der Waals surface area contributed by atoms with Gasteiger partial charge in [-0.15, -0.1) is 0 Å². The van der Waals surface area contributed by atoms with Crippen molar-refractivity contribution in [3.63, 3.8) is 0 Å². The molecule has 4 aromatic rings. The number of H-pyrrole nitrogens is 1. The third-order valence-electron chi connectivity index (χ3n) is 5.23. The van der Waals surface area contributed by atoms with Crippen LogP contribution in [0.3, 0.4) is 0 Å². The number of hydrogen-bond acceptors (Lipinski definition) is 3. The van der Waals surface area contributed by atoms with E-state index in [2.05, 4.69) is 10.3 Å². The van der Waals surface area contributed by atoms with Gasteiger partial charge in [-0.1, -0.05) is 29.8 Å². The highest BCUT2D eigenvalue weighted by Gasteiger charge is 2.16. The molecule has 29 heavy (non-hydrogen) atoms. The van der Waals surface area contributed by atoms with Crippen LogP contribution < -0.4 is 5.32 Å². The normalized spacial score (nSPS) is 12.3. The number of benzene rings is 3. The fraction of sp³-hybridized carbons (Fsp3) is 0.174. The second-order valence-electron chi connectivity index (χ2n) is 7.21. The minimum Gasteiger partial charge on any atom is -0.504 e. The summed E-state index contributed by atoms with van der Waals surface area (Å²) >= 11 is 6.12. The Hall–Kier alpha value is -3.18. The fourth-order valence-corrected chi connectivity index (χ4v) is 3.69. The van der Waals surface area contributed by atoms with Crippen LogP contribution in [-0.2, 0) is 11.2 Å². The van der Waals surface area contributed by atoms with Gasteiger partial charge in [0.1, 0.15) is 0 Å². The lowest BCUT2D eigenvalue weighted by atomic mass is 9.98. The zero-order valence-corrected chi connectivity index (χ0v) is 16.6. The van der Waals surface area contributed by atoms with Crippen LogP contribution in [0.2, 0.25) is 5.02 Å². The molecule has 0 bridgehead atoms. The summed E-state index contributed by atoms with van der Waals surface area (Å²) in [6.45, 7) is 2.32. The molecule has 0 fully saturated rings. The van der Waals surface area contributed by atoms with Crippen molar-refractivity contribution in [1.29, 1.82) is 0 Å². The molecule has 6 heteroatoms. The second kappa shape index (κ2) is 7.68. The molecule has 0 aliphatic heterocycles. The molecule has 0 saturated carbocycles. The number of phenols is 2. The average Bonchev–Trinajstić information content (AvgIpc) is 3.07. The van der Waals surface area contributed by atoms with Crippen molar-refractivity contribution in [2.75, 3.05) is 6.54 Å². The summed E-state index contributed by atoms with van der Waals surface area (Å²) in [6.07, 6.45) is 0.564. The number of aromatic amines is 1. The van der Waals surface area contributed by atoms with Gasteiger partial charge >= 0.3 is 0 Å². The summed E-state index contributed by atoms with van der Waals surface area (Å²) in [7, 11) is 0. The Labute approximate surface area is 172 Å². The molecule has 0 aliphatic rings. The summed E-state index contributed by atoms with van der Waals surface area (Å²) in [5, 5.41) is 24.7. The SMILES string of the molecule is CC(C(=O)NCCc1ccc(O)c(O)c1)c1ccc2c(c1)[nH]c1ccc(Cl)cc12. The smallest absolute Gasteiger partial charge is 0.227 e. The van der Waals surface area contributed by atoms with Gasteiger partial charge in [0.25, 0.3) is 0 Å². The Bertz CT molecular complexity index is 1220. The van der Waals surface area contributed by atoms with Crippen LogP contribution in [0.5, 0.6) is 11.5 Å². The highest BCUT2D eigenvalue weighted by molar-refractivity contribution is 6.31. The molecule has 0 radical (unpaired) electrons. The Morgan fingerprint density at radius 3 is 2.62 bits per heavy atom. The van der Waals surface area contributed by atoms with E-state index in [9.17, 15) is 15.0 Å². The topological polar surface area (TPSA) is 85.3 Å². The van der Waals surface area contributed by atoms with Gasteiger partial charge in [-0.2, -0.15) is 0 Å². The first-order chi connectivity index (χ1) is 13.9. The number of phenolic OH excluding ortho intramolecular Hbond substituents is 2. The van der Waals surface area contributed by atoms with Gasteiger partial charge in [-0.3, -0.25) is 4.79 Å². The van der Waals surface area contributed by atoms with Crippen molar-refractivity contribution >= 4 is 39.3 Å². The minimum absolute atomic E-state index is 0.0634. The van der Waals surface area contributed by atoms with Crippen LogP contribution in [0.1, 0.15) is 24.0 Å². The third kappa shape index (κ3) is 3.87. The zero-order chi connectivity index (χ0) is 20.5. The van der Waals surface area contributed by atoms with Crippen molar-refractivity contribution in [3.8, 4) is 11.5 Å². The van der Waals surface area contributed by atoms with Crippen molar-refractivity contribution in [2.24, 2.45) is 0 Å². The summed E-state index contributed by atoms with van der Waals surface area (Å²) in [4.78, 5) is 16.0. The molecule has 1 amide bonds. The quantitative estimate of drug-likeness (QED) is 0.356. The maximum atomic E-state index is 12.6. The fourth-order valence-electron chi connectivity index (χ4n) is 3.52. The van der Waals surface area contributed by atoms with Crippen LogP contribution in [0.25, 0.3) is 21.8 Å². The van der Waals surface area contributed by atoms with Crippen LogP contribution in [0, 0.1) is 0 Å². The molecule has 1 unspecified atom stereocenters. The number of carbonyl (C=O) groups excluding carboxylic acids is 1. The predicted octanol–water partition coefficient (Wildman–Crippen LogP) is 4.85. The molecule has 5 nitrogen and oxygen atoms in total. The van der Waals surface area contributed by atoms with E-state index >= 15 is 0 Å². The molecule has 1 heterocycles. The van der Waals surface area contributed by atoms with E-state index in [0.717, 1.165) is 32.9 Å². The Balaban J connectivity index is 1.45. The number of hydrogen-bond donors (Lipinski definition) is 4. The lowest BCUT2D eigenvalue weighted by Gasteiger charge is -2.13. The number of aromatic nitrogens is 1. The summed E-state index contributed by atoms with van der Waals surface area (Å²) < 4.78 is 0. The largest absolute Gasteiger partial charge is 0.504 e. The molecule has 0 aliphatic carbocycles. The first-order valence-corrected chi connectivity index (χ1v) is 9.79. The Morgan fingerprint density at radius 2 is 1.83 bits per heavy atom.